The second kappa shape index (κ2) is 5.46. The fourth-order valence-electron chi connectivity index (χ4n) is 2.84. The third-order valence-electron chi connectivity index (χ3n) is 3.86. The van der Waals surface area contributed by atoms with Crippen molar-refractivity contribution in [2.75, 3.05) is 6.26 Å². The highest BCUT2D eigenvalue weighted by Crippen LogP contribution is 2.36. The molecule has 3 rings (SSSR count). The zero-order valence-corrected chi connectivity index (χ0v) is 13.5. The van der Waals surface area contributed by atoms with Crippen LogP contribution in [0.2, 0.25) is 0 Å². The smallest absolute Gasteiger partial charge is 0.323 e. The van der Waals surface area contributed by atoms with E-state index in [2.05, 4.69) is 11.9 Å². The SMILES string of the molecule is CSc1nc2sc3c(c2c(=O)n1CC(=O)O)CCC(C)C3. The molecular weight excluding hydrogens is 308 g/mol. The lowest BCUT2D eigenvalue weighted by molar-refractivity contribution is -0.137. The Kier molecular flexibility index (Phi) is 3.79. The highest BCUT2D eigenvalue weighted by atomic mass is 32.2. The fraction of sp³-hybridized carbons (Fsp3) is 0.500. The Morgan fingerprint density at radius 2 is 2.33 bits per heavy atom. The summed E-state index contributed by atoms with van der Waals surface area (Å²) in [7, 11) is 0. The summed E-state index contributed by atoms with van der Waals surface area (Å²) in [5, 5.41) is 10.1. The summed E-state index contributed by atoms with van der Waals surface area (Å²) in [4.78, 5) is 30.2. The number of aliphatic carboxylic acids is 1. The molecule has 5 nitrogen and oxygen atoms in total. The van der Waals surface area contributed by atoms with Crippen LogP contribution in [0.5, 0.6) is 0 Å². The summed E-state index contributed by atoms with van der Waals surface area (Å²) in [5.41, 5.74) is 0.885. The normalized spacial score (nSPS) is 17.9. The lowest BCUT2D eigenvalue weighted by atomic mass is 9.89. The van der Waals surface area contributed by atoms with Gasteiger partial charge in [-0.2, -0.15) is 0 Å². The third-order valence-corrected chi connectivity index (χ3v) is 5.68. The number of thioether (sulfide) groups is 1. The van der Waals surface area contributed by atoms with Gasteiger partial charge in [0.2, 0.25) is 0 Å². The Morgan fingerprint density at radius 1 is 1.57 bits per heavy atom. The highest BCUT2D eigenvalue weighted by Gasteiger charge is 2.24. The first-order valence-corrected chi connectivity index (χ1v) is 8.86. The van der Waals surface area contributed by atoms with Crippen molar-refractivity contribution in [2.45, 2.75) is 37.9 Å². The Balaban J connectivity index is 2.27. The molecule has 1 aliphatic rings. The van der Waals surface area contributed by atoms with Crippen molar-refractivity contribution in [3.8, 4) is 0 Å². The van der Waals surface area contributed by atoms with E-state index in [1.54, 1.807) is 11.3 Å². The van der Waals surface area contributed by atoms with Gasteiger partial charge in [-0.3, -0.25) is 14.2 Å². The first-order valence-electron chi connectivity index (χ1n) is 6.82. The van der Waals surface area contributed by atoms with E-state index in [1.165, 1.54) is 21.2 Å². The molecule has 1 N–H and O–H groups in total. The summed E-state index contributed by atoms with van der Waals surface area (Å²) in [6.45, 7) is 1.88. The Morgan fingerprint density at radius 3 is 3.00 bits per heavy atom. The average Bonchev–Trinajstić information content (AvgIpc) is 2.78. The summed E-state index contributed by atoms with van der Waals surface area (Å²) in [6.07, 6.45) is 4.76. The molecule has 0 aromatic carbocycles. The van der Waals surface area contributed by atoms with E-state index in [-0.39, 0.29) is 12.1 Å². The van der Waals surface area contributed by atoms with Gasteiger partial charge >= 0.3 is 5.97 Å². The zero-order valence-electron chi connectivity index (χ0n) is 11.9. The summed E-state index contributed by atoms with van der Waals surface area (Å²) >= 11 is 2.90. The predicted octanol–water partition coefficient (Wildman–Crippen LogP) is 2.39. The molecule has 2 aromatic rings. The molecule has 112 valence electrons. The number of rotatable bonds is 3. The number of fused-ring (bicyclic) bond motifs is 3. The van der Waals surface area contributed by atoms with Crippen LogP contribution in [0.1, 0.15) is 23.8 Å². The monoisotopic (exact) mass is 324 g/mol. The van der Waals surface area contributed by atoms with Crippen LogP contribution >= 0.6 is 23.1 Å². The summed E-state index contributed by atoms with van der Waals surface area (Å²) in [6, 6.07) is 0. The van der Waals surface area contributed by atoms with Gasteiger partial charge in [-0.1, -0.05) is 18.7 Å². The van der Waals surface area contributed by atoms with E-state index in [0.717, 1.165) is 29.7 Å². The van der Waals surface area contributed by atoms with Crippen LogP contribution in [-0.2, 0) is 24.2 Å². The fourth-order valence-corrected chi connectivity index (χ4v) is 4.82. The van der Waals surface area contributed by atoms with Crippen LogP contribution < -0.4 is 5.56 Å². The number of hydrogen-bond donors (Lipinski definition) is 1. The van der Waals surface area contributed by atoms with E-state index < -0.39 is 5.97 Å². The second-order valence-corrected chi connectivity index (χ2v) is 7.27. The maximum absolute atomic E-state index is 12.7. The molecule has 0 spiro atoms. The number of carboxylic acid groups (broad SMARTS) is 1. The summed E-state index contributed by atoms with van der Waals surface area (Å²) < 4.78 is 1.28. The van der Waals surface area contributed by atoms with Crippen LogP contribution in [0, 0.1) is 5.92 Å². The van der Waals surface area contributed by atoms with Gasteiger partial charge < -0.3 is 5.11 Å². The van der Waals surface area contributed by atoms with Crippen LogP contribution in [0.25, 0.3) is 10.2 Å². The van der Waals surface area contributed by atoms with Gasteiger partial charge in [0, 0.05) is 4.88 Å². The van der Waals surface area contributed by atoms with Gasteiger partial charge in [0.05, 0.1) is 5.39 Å². The molecule has 7 heteroatoms. The van der Waals surface area contributed by atoms with Crippen molar-refractivity contribution in [3.63, 3.8) is 0 Å². The van der Waals surface area contributed by atoms with Gasteiger partial charge in [0.25, 0.3) is 5.56 Å². The van der Waals surface area contributed by atoms with Crippen molar-refractivity contribution < 1.29 is 9.90 Å². The molecule has 0 saturated carbocycles. The van der Waals surface area contributed by atoms with Gasteiger partial charge in [0.1, 0.15) is 11.4 Å². The topological polar surface area (TPSA) is 72.2 Å². The average molecular weight is 324 g/mol. The maximum Gasteiger partial charge on any atom is 0.323 e. The third kappa shape index (κ3) is 2.48. The Bertz CT molecular complexity index is 779. The van der Waals surface area contributed by atoms with Crippen molar-refractivity contribution in [3.05, 3.63) is 20.8 Å². The van der Waals surface area contributed by atoms with E-state index in [1.807, 2.05) is 6.26 Å². The minimum Gasteiger partial charge on any atom is -0.480 e. The lowest BCUT2D eigenvalue weighted by Gasteiger charge is -2.17. The number of thiophene rings is 1. The second-order valence-electron chi connectivity index (χ2n) is 5.42. The minimum absolute atomic E-state index is 0.209. The number of carboxylic acids is 1. The first kappa shape index (κ1) is 14.6. The van der Waals surface area contributed by atoms with Crippen LogP contribution in [0.4, 0.5) is 0 Å². The minimum atomic E-state index is -1.02. The quantitative estimate of drug-likeness (QED) is 0.693. The van der Waals surface area contributed by atoms with Crippen molar-refractivity contribution in [1.82, 2.24) is 9.55 Å². The summed E-state index contributed by atoms with van der Waals surface area (Å²) in [5.74, 6) is -0.391. The number of aryl methyl sites for hydroxylation is 1. The molecule has 1 atom stereocenters. The van der Waals surface area contributed by atoms with Crippen LogP contribution in [-0.4, -0.2) is 26.9 Å². The van der Waals surface area contributed by atoms with Crippen molar-refractivity contribution in [1.29, 1.82) is 0 Å². The Hall–Kier alpha value is -1.34. The van der Waals surface area contributed by atoms with Crippen molar-refractivity contribution in [2.24, 2.45) is 5.92 Å². The van der Waals surface area contributed by atoms with Gasteiger partial charge in [0.15, 0.2) is 5.16 Å². The zero-order chi connectivity index (χ0) is 15.1. The standard InChI is InChI=1S/C14H16N2O3S2/c1-7-3-4-8-9(5-7)21-12-11(8)13(19)16(6-10(17)18)14(15-12)20-2/h7H,3-6H2,1-2H3,(H,17,18). The Labute approximate surface area is 130 Å². The molecule has 2 aromatic heterocycles. The number of carbonyl (C=O) groups is 1. The van der Waals surface area contributed by atoms with Gasteiger partial charge in [-0.05, 0) is 37.0 Å². The predicted molar refractivity (Wildman–Crippen MR) is 84.5 cm³/mol. The van der Waals surface area contributed by atoms with E-state index in [0.29, 0.717) is 16.5 Å². The lowest BCUT2D eigenvalue weighted by Crippen LogP contribution is -2.27. The molecule has 0 amide bonds. The molecule has 0 saturated heterocycles. The molecule has 0 bridgehead atoms. The van der Waals surface area contributed by atoms with Gasteiger partial charge in [-0.25, -0.2) is 4.98 Å². The highest BCUT2D eigenvalue weighted by molar-refractivity contribution is 7.98. The number of nitrogens with zero attached hydrogens (tertiary/aromatic N) is 2. The first-order chi connectivity index (χ1) is 10.0. The molecular formula is C14H16N2O3S2. The largest absolute Gasteiger partial charge is 0.480 e. The molecule has 0 radical (unpaired) electrons. The number of hydrogen-bond acceptors (Lipinski definition) is 5. The molecule has 21 heavy (non-hydrogen) atoms. The molecule has 1 aliphatic carbocycles. The maximum atomic E-state index is 12.7. The van der Waals surface area contributed by atoms with E-state index in [9.17, 15) is 9.59 Å². The van der Waals surface area contributed by atoms with E-state index >= 15 is 0 Å². The van der Waals surface area contributed by atoms with Crippen LogP contribution in [0.15, 0.2) is 9.95 Å². The van der Waals surface area contributed by atoms with Crippen molar-refractivity contribution >= 4 is 39.3 Å². The van der Waals surface area contributed by atoms with E-state index in [4.69, 9.17) is 5.11 Å². The molecule has 1 unspecified atom stereocenters. The molecule has 0 aliphatic heterocycles. The van der Waals surface area contributed by atoms with Gasteiger partial charge in [-0.15, -0.1) is 11.3 Å². The number of aromatic nitrogens is 2. The molecule has 2 heterocycles. The van der Waals surface area contributed by atoms with Crippen LogP contribution in [0.3, 0.4) is 0 Å². The molecule has 0 fully saturated rings.